The van der Waals surface area contributed by atoms with Gasteiger partial charge in [-0.3, -0.25) is 4.79 Å². The first-order chi connectivity index (χ1) is 10.2. The van der Waals surface area contributed by atoms with E-state index < -0.39 is 0 Å². The Morgan fingerprint density at radius 1 is 1.24 bits per heavy atom. The molecule has 0 saturated heterocycles. The molecule has 0 fully saturated rings. The van der Waals surface area contributed by atoms with Gasteiger partial charge in [0.2, 0.25) is 5.91 Å². The van der Waals surface area contributed by atoms with Crippen molar-refractivity contribution in [2.24, 2.45) is 0 Å². The largest absolute Gasteiger partial charge is 0.342 e. The van der Waals surface area contributed by atoms with Gasteiger partial charge in [-0.15, -0.1) is 11.3 Å². The first kappa shape index (κ1) is 15.7. The normalized spacial score (nSPS) is 10.6. The molecular formula is C16H21N3OS. The summed E-state index contributed by atoms with van der Waals surface area (Å²) in [4.78, 5) is 18.3. The minimum absolute atomic E-state index is 0.139. The molecule has 0 aliphatic carbocycles. The van der Waals surface area contributed by atoms with Crippen LogP contribution in [0.25, 0.3) is 11.3 Å². The van der Waals surface area contributed by atoms with Gasteiger partial charge in [-0.05, 0) is 13.8 Å². The highest BCUT2D eigenvalue weighted by atomic mass is 32.1. The number of hydrogen-bond donors (Lipinski definition) is 1. The van der Waals surface area contributed by atoms with E-state index in [0.717, 1.165) is 29.4 Å². The molecule has 1 aromatic carbocycles. The second-order valence-corrected chi connectivity index (χ2v) is 5.60. The number of nitrogens with one attached hydrogen (secondary N) is 1. The molecule has 5 heteroatoms. The summed E-state index contributed by atoms with van der Waals surface area (Å²) in [5, 5.41) is 6.23. The monoisotopic (exact) mass is 303 g/mol. The van der Waals surface area contributed by atoms with Crippen molar-refractivity contribution in [3.05, 3.63) is 40.7 Å². The van der Waals surface area contributed by atoms with Gasteiger partial charge >= 0.3 is 0 Å². The summed E-state index contributed by atoms with van der Waals surface area (Å²) in [6, 6.07) is 10.1. The molecule has 2 aromatic rings. The Hall–Kier alpha value is -1.72. The van der Waals surface area contributed by atoms with Crippen LogP contribution < -0.4 is 5.32 Å². The molecule has 1 amide bonds. The Kier molecular flexibility index (Phi) is 5.90. The van der Waals surface area contributed by atoms with Crippen LogP contribution in [0.1, 0.15) is 18.9 Å². The van der Waals surface area contributed by atoms with Gasteiger partial charge in [-0.25, -0.2) is 4.98 Å². The van der Waals surface area contributed by atoms with Crippen molar-refractivity contribution in [3.8, 4) is 11.3 Å². The van der Waals surface area contributed by atoms with Crippen molar-refractivity contribution in [2.75, 3.05) is 19.6 Å². The number of carbonyl (C=O) groups excluding carboxylic acids is 1. The molecule has 0 atom stereocenters. The second kappa shape index (κ2) is 7.90. The number of hydrogen-bond acceptors (Lipinski definition) is 4. The molecule has 4 nitrogen and oxygen atoms in total. The third-order valence-corrected chi connectivity index (χ3v) is 4.14. The van der Waals surface area contributed by atoms with Crippen LogP contribution >= 0.6 is 11.3 Å². The lowest BCUT2D eigenvalue weighted by atomic mass is 10.2. The van der Waals surface area contributed by atoms with Crippen molar-refractivity contribution < 1.29 is 4.79 Å². The molecule has 0 spiro atoms. The lowest BCUT2D eigenvalue weighted by Gasteiger charge is -2.18. The van der Waals surface area contributed by atoms with Gasteiger partial charge in [0, 0.05) is 30.6 Å². The Bertz CT molecular complexity index is 564. The summed E-state index contributed by atoms with van der Waals surface area (Å²) >= 11 is 1.62. The van der Waals surface area contributed by atoms with Gasteiger partial charge < -0.3 is 10.2 Å². The number of thiazole rings is 1. The summed E-state index contributed by atoms with van der Waals surface area (Å²) in [6.07, 6.45) is 0. The van der Waals surface area contributed by atoms with Crippen molar-refractivity contribution in [2.45, 2.75) is 20.4 Å². The van der Waals surface area contributed by atoms with Crippen LogP contribution in [-0.2, 0) is 11.3 Å². The van der Waals surface area contributed by atoms with Crippen molar-refractivity contribution in [3.63, 3.8) is 0 Å². The lowest BCUT2D eigenvalue weighted by Crippen LogP contribution is -2.37. The highest BCUT2D eigenvalue weighted by molar-refractivity contribution is 7.09. The molecule has 1 heterocycles. The number of carbonyl (C=O) groups is 1. The van der Waals surface area contributed by atoms with Gasteiger partial charge in [0.25, 0.3) is 0 Å². The first-order valence-corrected chi connectivity index (χ1v) is 8.10. The van der Waals surface area contributed by atoms with Crippen LogP contribution in [0.2, 0.25) is 0 Å². The molecule has 0 aliphatic heterocycles. The Labute approximate surface area is 129 Å². The fraction of sp³-hybridized carbons (Fsp3) is 0.375. The Balaban J connectivity index is 1.85. The van der Waals surface area contributed by atoms with Crippen molar-refractivity contribution in [1.82, 2.24) is 15.2 Å². The van der Waals surface area contributed by atoms with E-state index in [1.807, 2.05) is 36.9 Å². The van der Waals surface area contributed by atoms with E-state index in [1.165, 1.54) is 0 Å². The summed E-state index contributed by atoms with van der Waals surface area (Å²) in [5.74, 6) is 0.139. The van der Waals surface area contributed by atoms with Crippen LogP contribution in [0.5, 0.6) is 0 Å². The predicted octanol–water partition coefficient (Wildman–Crippen LogP) is 2.77. The Morgan fingerprint density at radius 2 is 1.95 bits per heavy atom. The van der Waals surface area contributed by atoms with Gasteiger partial charge in [0.15, 0.2) is 0 Å². The summed E-state index contributed by atoms with van der Waals surface area (Å²) in [5.41, 5.74) is 2.12. The topological polar surface area (TPSA) is 45.2 Å². The minimum Gasteiger partial charge on any atom is -0.342 e. The molecule has 0 saturated carbocycles. The van der Waals surface area contributed by atoms with E-state index in [0.29, 0.717) is 13.1 Å². The zero-order chi connectivity index (χ0) is 15.1. The molecule has 2 rings (SSSR count). The van der Waals surface area contributed by atoms with E-state index >= 15 is 0 Å². The third-order valence-electron chi connectivity index (χ3n) is 3.29. The van der Waals surface area contributed by atoms with Crippen LogP contribution in [-0.4, -0.2) is 35.4 Å². The van der Waals surface area contributed by atoms with Crippen LogP contribution in [0.3, 0.4) is 0 Å². The predicted molar refractivity (Wildman–Crippen MR) is 87.2 cm³/mol. The fourth-order valence-corrected chi connectivity index (χ4v) is 2.87. The second-order valence-electron chi connectivity index (χ2n) is 4.66. The van der Waals surface area contributed by atoms with E-state index in [-0.39, 0.29) is 5.91 Å². The molecule has 0 aliphatic rings. The molecule has 0 bridgehead atoms. The van der Waals surface area contributed by atoms with E-state index in [9.17, 15) is 4.79 Å². The van der Waals surface area contributed by atoms with E-state index in [1.54, 1.807) is 11.3 Å². The minimum atomic E-state index is 0.139. The molecule has 0 unspecified atom stereocenters. The highest BCUT2D eigenvalue weighted by Crippen LogP contribution is 2.21. The molecule has 1 aromatic heterocycles. The summed E-state index contributed by atoms with van der Waals surface area (Å²) in [6.45, 7) is 6.49. The maximum absolute atomic E-state index is 11.9. The average molecular weight is 303 g/mol. The van der Waals surface area contributed by atoms with Gasteiger partial charge in [-0.1, -0.05) is 30.3 Å². The number of aromatic nitrogens is 1. The molecule has 0 radical (unpaired) electrons. The zero-order valence-corrected chi connectivity index (χ0v) is 13.3. The standard InChI is InChI=1S/C16H21N3OS/c1-3-19(4-2)16(20)11-17-10-15-18-14(12-21-15)13-8-6-5-7-9-13/h5-9,12,17H,3-4,10-11H2,1-2H3. The summed E-state index contributed by atoms with van der Waals surface area (Å²) in [7, 11) is 0. The van der Waals surface area contributed by atoms with Crippen LogP contribution in [0.4, 0.5) is 0 Å². The smallest absolute Gasteiger partial charge is 0.236 e. The Morgan fingerprint density at radius 3 is 2.62 bits per heavy atom. The number of likely N-dealkylation sites (N-methyl/N-ethyl adjacent to an activating group) is 1. The van der Waals surface area contributed by atoms with E-state index in [2.05, 4.69) is 27.8 Å². The summed E-state index contributed by atoms with van der Waals surface area (Å²) < 4.78 is 0. The number of nitrogens with zero attached hydrogens (tertiary/aromatic N) is 2. The number of amides is 1. The average Bonchev–Trinajstić information content (AvgIpc) is 2.98. The van der Waals surface area contributed by atoms with Gasteiger partial charge in [0.1, 0.15) is 5.01 Å². The van der Waals surface area contributed by atoms with E-state index in [4.69, 9.17) is 0 Å². The SMILES string of the molecule is CCN(CC)C(=O)CNCc1nc(-c2ccccc2)cs1. The van der Waals surface area contributed by atoms with Crippen molar-refractivity contribution in [1.29, 1.82) is 0 Å². The lowest BCUT2D eigenvalue weighted by molar-refractivity contribution is -0.129. The van der Waals surface area contributed by atoms with Crippen molar-refractivity contribution >= 4 is 17.2 Å². The third kappa shape index (κ3) is 4.37. The van der Waals surface area contributed by atoms with Gasteiger partial charge in [0.05, 0.1) is 12.2 Å². The number of benzene rings is 1. The molecule has 1 N–H and O–H groups in total. The highest BCUT2D eigenvalue weighted by Gasteiger charge is 2.09. The number of rotatable bonds is 7. The molecule has 112 valence electrons. The molecular weight excluding hydrogens is 282 g/mol. The quantitative estimate of drug-likeness (QED) is 0.855. The van der Waals surface area contributed by atoms with Crippen LogP contribution in [0, 0.1) is 0 Å². The zero-order valence-electron chi connectivity index (χ0n) is 12.5. The van der Waals surface area contributed by atoms with Gasteiger partial charge in [-0.2, -0.15) is 0 Å². The van der Waals surface area contributed by atoms with Crippen LogP contribution in [0.15, 0.2) is 35.7 Å². The fourth-order valence-electron chi connectivity index (χ4n) is 2.10. The maximum Gasteiger partial charge on any atom is 0.236 e. The maximum atomic E-state index is 11.9. The molecule has 21 heavy (non-hydrogen) atoms. The first-order valence-electron chi connectivity index (χ1n) is 7.23.